The Hall–Kier alpha value is -2.19. The second kappa shape index (κ2) is 4.73. The first-order valence-corrected chi connectivity index (χ1v) is 6.12. The minimum absolute atomic E-state index is 0.134. The van der Waals surface area contributed by atoms with E-state index in [9.17, 15) is 14.3 Å². The number of thiol groups is 1. The van der Waals surface area contributed by atoms with Crippen LogP contribution in [-0.2, 0) is 6.61 Å². The summed E-state index contributed by atoms with van der Waals surface area (Å²) in [6.45, 7) is -0.364. The first-order valence-electron chi connectivity index (χ1n) is 5.68. The average Bonchev–Trinajstić information content (AvgIpc) is 2.78. The number of halogens is 1. The van der Waals surface area contributed by atoms with E-state index in [0.29, 0.717) is 11.1 Å². The van der Waals surface area contributed by atoms with Gasteiger partial charge in [0.1, 0.15) is 5.82 Å². The quantitative estimate of drug-likeness (QED) is 0.615. The first-order chi connectivity index (χ1) is 9.60. The zero-order valence-corrected chi connectivity index (χ0v) is 10.9. The Morgan fingerprint density at radius 3 is 2.70 bits per heavy atom. The van der Waals surface area contributed by atoms with Crippen molar-refractivity contribution in [2.45, 2.75) is 11.8 Å². The number of nitrogens with zero attached hydrogens (tertiary/aromatic N) is 3. The van der Waals surface area contributed by atoms with Gasteiger partial charge in [-0.05, 0) is 17.7 Å². The molecule has 3 aromatic rings. The number of fused-ring (bicyclic) bond motifs is 1. The van der Waals surface area contributed by atoms with Crippen molar-refractivity contribution >= 4 is 18.3 Å². The van der Waals surface area contributed by atoms with Gasteiger partial charge in [-0.3, -0.25) is 4.98 Å². The first kappa shape index (κ1) is 12.8. The van der Waals surface area contributed by atoms with E-state index in [4.69, 9.17) is 0 Å². The Balaban J connectivity index is 2.38. The monoisotopic (exact) mass is 292 g/mol. The predicted octanol–water partition coefficient (Wildman–Crippen LogP) is 1.00. The van der Waals surface area contributed by atoms with Gasteiger partial charge in [-0.1, -0.05) is 12.1 Å². The number of benzene rings is 1. The van der Waals surface area contributed by atoms with Gasteiger partial charge < -0.3 is 5.11 Å². The molecular weight excluding hydrogens is 283 g/mol. The number of H-pyrrole nitrogens is 1. The predicted molar refractivity (Wildman–Crippen MR) is 72.2 cm³/mol. The largest absolute Gasteiger partial charge is 0.390 e. The molecule has 1 aromatic carbocycles. The van der Waals surface area contributed by atoms with Crippen molar-refractivity contribution in [3.8, 4) is 11.1 Å². The fourth-order valence-electron chi connectivity index (χ4n) is 2.00. The zero-order chi connectivity index (χ0) is 14.3. The highest BCUT2D eigenvalue weighted by Gasteiger charge is 2.17. The Labute approximate surface area is 117 Å². The van der Waals surface area contributed by atoms with Crippen LogP contribution in [-0.4, -0.2) is 24.7 Å². The molecule has 2 heterocycles. The molecule has 102 valence electrons. The van der Waals surface area contributed by atoms with Crippen LogP contribution in [0, 0.1) is 5.82 Å². The van der Waals surface area contributed by atoms with E-state index in [1.807, 2.05) is 0 Å². The number of hydrogen-bond acceptors (Lipinski definition) is 5. The summed E-state index contributed by atoms with van der Waals surface area (Å²) < 4.78 is 14.0. The van der Waals surface area contributed by atoms with Crippen LogP contribution in [0.2, 0.25) is 0 Å². The van der Waals surface area contributed by atoms with Gasteiger partial charge in [0, 0.05) is 0 Å². The highest BCUT2D eigenvalue weighted by molar-refractivity contribution is 7.80. The van der Waals surface area contributed by atoms with Crippen molar-refractivity contribution in [3.63, 3.8) is 0 Å². The molecule has 0 saturated carbocycles. The summed E-state index contributed by atoms with van der Waals surface area (Å²) in [5, 5.41) is 13.5. The number of aromatic nitrogens is 4. The van der Waals surface area contributed by atoms with Gasteiger partial charge in [0.2, 0.25) is 0 Å². The van der Waals surface area contributed by atoms with Crippen LogP contribution < -0.4 is 5.69 Å². The minimum atomic E-state index is -0.511. The van der Waals surface area contributed by atoms with E-state index in [-0.39, 0.29) is 28.9 Å². The Morgan fingerprint density at radius 1 is 1.35 bits per heavy atom. The lowest BCUT2D eigenvalue weighted by Crippen LogP contribution is -2.18. The topological polar surface area (TPSA) is 83.3 Å². The molecule has 0 saturated heterocycles. The lowest BCUT2D eigenvalue weighted by molar-refractivity contribution is 0.276. The normalized spacial score (nSPS) is 11.2. The molecule has 3 rings (SSSR count). The Kier molecular flexibility index (Phi) is 3.03. The SMILES string of the molecule is O=c1[nH]c(S)nc2c(-c3ccc(F)cc3)c(CO)nn12. The molecule has 0 fully saturated rings. The molecule has 0 aliphatic rings. The molecule has 2 aromatic heterocycles. The van der Waals surface area contributed by atoms with Gasteiger partial charge in [-0.2, -0.15) is 9.61 Å². The van der Waals surface area contributed by atoms with E-state index in [2.05, 4.69) is 27.7 Å². The van der Waals surface area contributed by atoms with Crippen LogP contribution in [0.15, 0.2) is 34.2 Å². The average molecular weight is 292 g/mol. The fourth-order valence-corrected chi connectivity index (χ4v) is 2.19. The van der Waals surface area contributed by atoms with Crippen molar-refractivity contribution in [2.75, 3.05) is 0 Å². The maximum Gasteiger partial charge on any atom is 0.350 e. The van der Waals surface area contributed by atoms with Crippen LogP contribution in [0.4, 0.5) is 4.39 Å². The third kappa shape index (κ3) is 1.98. The molecule has 0 aliphatic heterocycles. The lowest BCUT2D eigenvalue weighted by atomic mass is 10.1. The Bertz CT molecular complexity index is 841. The molecule has 8 heteroatoms. The standard InChI is InChI=1S/C12H9FN4O2S/c13-7-3-1-6(2-4-7)9-8(5-18)16-17-10(9)14-11(20)15-12(17)19/h1-4,18H,5H2,(H2,14,15,19,20). The van der Waals surface area contributed by atoms with Gasteiger partial charge in [0.15, 0.2) is 10.8 Å². The Morgan fingerprint density at radius 2 is 2.05 bits per heavy atom. The van der Waals surface area contributed by atoms with E-state index in [1.165, 1.54) is 24.3 Å². The summed E-state index contributed by atoms with van der Waals surface area (Å²) >= 11 is 4.01. The second-order valence-corrected chi connectivity index (χ2v) is 4.51. The van der Waals surface area contributed by atoms with E-state index in [1.54, 1.807) is 0 Å². The highest BCUT2D eigenvalue weighted by Crippen LogP contribution is 2.27. The molecule has 0 bridgehead atoms. The summed E-state index contributed by atoms with van der Waals surface area (Å²) in [4.78, 5) is 18.3. The molecule has 0 amide bonds. The molecular formula is C12H9FN4O2S. The minimum Gasteiger partial charge on any atom is -0.390 e. The summed E-state index contributed by atoms with van der Waals surface area (Å²) in [5.41, 5.74) is 1.12. The number of aromatic amines is 1. The lowest BCUT2D eigenvalue weighted by Gasteiger charge is -2.01. The van der Waals surface area contributed by atoms with Crippen molar-refractivity contribution in [3.05, 3.63) is 46.3 Å². The zero-order valence-electron chi connectivity index (χ0n) is 10.0. The number of nitrogens with one attached hydrogen (secondary N) is 1. The summed E-state index contributed by atoms with van der Waals surface area (Å²) in [6, 6.07) is 5.64. The van der Waals surface area contributed by atoms with Crippen molar-refractivity contribution < 1.29 is 9.50 Å². The summed E-state index contributed by atoms with van der Waals surface area (Å²) in [6.07, 6.45) is 0. The maximum atomic E-state index is 13.0. The van der Waals surface area contributed by atoms with Crippen LogP contribution in [0.1, 0.15) is 5.69 Å². The van der Waals surface area contributed by atoms with E-state index < -0.39 is 5.69 Å². The maximum absolute atomic E-state index is 13.0. The van der Waals surface area contributed by atoms with E-state index in [0.717, 1.165) is 4.52 Å². The number of rotatable bonds is 2. The second-order valence-electron chi connectivity index (χ2n) is 4.09. The molecule has 20 heavy (non-hydrogen) atoms. The number of aliphatic hydroxyl groups excluding tert-OH is 1. The summed E-state index contributed by atoms with van der Waals surface area (Å²) in [7, 11) is 0. The molecule has 0 atom stereocenters. The number of aliphatic hydroxyl groups is 1. The molecule has 2 N–H and O–H groups in total. The van der Waals surface area contributed by atoms with Crippen molar-refractivity contribution in [1.82, 2.24) is 19.6 Å². The van der Waals surface area contributed by atoms with Crippen LogP contribution in [0.3, 0.4) is 0 Å². The van der Waals surface area contributed by atoms with Crippen molar-refractivity contribution in [1.29, 1.82) is 0 Å². The molecule has 0 radical (unpaired) electrons. The van der Waals surface area contributed by atoms with Gasteiger partial charge in [-0.25, -0.2) is 14.2 Å². The van der Waals surface area contributed by atoms with Gasteiger partial charge >= 0.3 is 5.69 Å². The van der Waals surface area contributed by atoms with Crippen molar-refractivity contribution in [2.24, 2.45) is 0 Å². The fraction of sp³-hybridized carbons (Fsp3) is 0.0833. The highest BCUT2D eigenvalue weighted by atomic mass is 32.1. The smallest absolute Gasteiger partial charge is 0.350 e. The molecule has 0 spiro atoms. The van der Waals surface area contributed by atoms with Gasteiger partial charge in [-0.15, -0.1) is 12.6 Å². The number of hydrogen-bond donors (Lipinski definition) is 3. The summed E-state index contributed by atoms with van der Waals surface area (Å²) in [5.74, 6) is -0.378. The van der Waals surface area contributed by atoms with Crippen LogP contribution >= 0.6 is 12.6 Å². The third-order valence-corrected chi connectivity index (χ3v) is 3.05. The van der Waals surface area contributed by atoms with E-state index >= 15 is 0 Å². The molecule has 0 aliphatic carbocycles. The van der Waals surface area contributed by atoms with Crippen LogP contribution in [0.25, 0.3) is 16.8 Å². The third-order valence-electron chi connectivity index (χ3n) is 2.84. The van der Waals surface area contributed by atoms with Gasteiger partial charge in [0.05, 0.1) is 17.9 Å². The molecule has 0 unspecified atom stereocenters. The molecule has 6 nitrogen and oxygen atoms in total. The van der Waals surface area contributed by atoms with Crippen LogP contribution in [0.5, 0.6) is 0 Å². The van der Waals surface area contributed by atoms with Gasteiger partial charge in [0.25, 0.3) is 0 Å².